The number of Topliss-reactive ketones (excluding diaryl/α,β-unsaturated/α-hetero) is 1. The van der Waals surface area contributed by atoms with Gasteiger partial charge in [-0.25, -0.2) is 4.98 Å². The average Bonchev–Trinajstić information content (AvgIpc) is 3.27. The molecule has 0 amide bonds. The van der Waals surface area contributed by atoms with Crippen LogP contribution in [0, 0.1) is 24.2 Å². The van der Waals surface area contributed by atoms with Crippen LogP contribution in [0.15, 0.2) is 22.6 Å². The minimum atomic E-state index is -1.24. The largest absolute Gasteiger partial charge is 0.457 e. The number of hydrogen-bond acceptors (Lipinski definition) is 7. The molecule has 2 heterocycles. The Morgan fingerprint density at radius 2 is 1.97 bits per heavy atom. The zero-order valence-corrected chi connectivity index (χ0v) is 25.4. The first kappa shape index (κ1) is 32.7. The van der Waals surface area contributed by atoms with Gasteiger partial charge < -0.3 is 14.9 Å². The van der Waals surface area contributed by atoms with Gasteiger partial charge in [-0.3, -0.25) is 9.59 Å². The van der Waals surface area contributed by atoms with E-state index in [1.54, 1.807) is 25.2 Å². The van der Waals surface area contributed by atoms with Gasteiger partial charge in [0.15, 0.2) is 0 Å². The minimum Gasteiger partial charge on any atom is -0.457 e. The van der Waals surface area contributed by atoms with Crippen LogP contribution in [-0.2, 0) is 14.3 Å². The molecule has 1 unspecified atom stereocenters. The molecule has 0 bridgehead atoms. The first-order valence-corrected chi connectivity index (χ1v) is 15.2. The Hall–Kier alpha value is -1.54. The highest BCUT2D eigenvalue weighted by molar-refractivity contribution is 7.09. The first-order chi connectivity index (χ1) is 17.9. The van der Waals surface area contributed by atoms with Gasteiger partial charge in [0.05, 0.1) is 34.7 Å². The Bertz CT molecular complexity index is 985. The molecular formula is C30H46ClNO5S. The zero-order valence-electron chi connectivity index (χ0n) is 23.8. The van der Waals surface area contributed by atoms with Gasteiger partial charge in [0.25, 0.3) is 0 Å². The van der Waals surface area contributed by atoms with E-state index in [1.807, 2.05) is 32.2 Å². The number of nitrogens with zero attached hydrogens (tertiary/aromatic N) is 1. The Morgan fingerprint density at radius 1 is 1.26 bits per heavy atom. The second-order valence-electron chi connectivity index (χ2n) is 11.4. The van der Waals surface area contributed by atoms with Crippen molar-refractivity contribution < 1.29 is 24.5 Å². The van der Waals surface area contributed by atoms with Gasteiger partial charge >= 0.3 is 5.97 Å². The van der Waals surface area contributed by atoms with Crippen molar-refractivity contribution in [2.24, 2.45) is 17.3 Å². The van der Waals surface area contributed by atoms with E-state index in [9.17, 15) is 19.8 Å². The lowest BCUT2D eigenvalue weighted by Gasteiger charge is -2.36. The molecule has 214 valence electrons. The lowest BCUT2D eigenvalue weighted by Crippen LogP contribution is -2.46. The summed E-state index contributed by atoms with van der Waals surface area (Å²) in [5, 5.41) is 25.2. The third-order valence-corrected chi connectivity index (χ3v) is 8.82. The molecule has 1 aromatic heterocycles. The van der Waals surface area contributed by atoms with Gasteiger partial charge in [0, 0.05) is 23.6 Å². The Morgan fingerprint density at radius 3 is 2.61 bits per heavy atom. The number of aliphatic hydroxyl groups excluding tert-OH is 2. The summed E-state index contributed by atoms with van der Waals surface area (Å²) in [6.45, 7) is 11.2. The number of unbranched alkanes of at least 4 members (excludes halogenated alkanes) is 1. The number of ketones is 1. The summed E-state index contributed by atoms with van der Waals surface area (Å²) in [7, 11) is 0. The van der Waals surface area contributed by atoms with Gasteiger partial charge in [-0.15, -0.1) is 22.9 Å². The SMILES string of the molecule is C/C1=C/C[C@@H](/C(C)=C/c2csc(C)n2)OC(=O)C[C@H](O)C(C)(C)C(=O)C(CCCCCl)[C@@H](O)[C@@H](C)CCC1. The average molecular weight is 568 g/mol. The van der Waals surface area contributed by atoms with E-state index in [2.05, 4.69) is 18.0 Å². The Labute approximate surface area is 237 Å². The van der Waals surface area contributed by atoms with E-state index in [-0.39, 0.29) is 18.1 Å². The third kappa shape index (κ3) is 9.58. The van der Waals surface area contributed by atoms with Crippen molar-refractivity contribution in [2.45, 2.75) is 111 Å². The minimum absolute atomic E-state index is 0.0712. The number of carbonyl (C=O) groups is 2. The maximum Gasteiger partial charge on any atom is 0.309 e. The Kier molecular flexibility index (Phi) is 13.2. The number of halogens is 1. The second-order valence-corrected chi connectivity index (χ2v) is 12.8. The number of aryl methyl sites for hydroxylation is 1. The summed E-state index contributed by atoms with van der Waals surface area (Å²) in [5.41, 5.74) is 1.66. The predicted octanol–water partition coefficient (Wildman–Crippen LogP) is 6.66. The monoisotopic (exact) mass is 567 g/mol. The summed E-state index contributed by atoms with van der Waals surface area (Å²) < 4.78 is 5.87. The van der Waals surface area contributed by atoms with E-state index in [0.29, 0.717) is 25.1 Å². The van der Waals surface area contributed by atoms with E-state index >= 15 is 0 Å². The number of ether oxygens (including phenoxy) is 1. The van der Waals surface area contributed by atoms with Crippen LogP contribution in [0.2, 0.25) is 0 Å². The van der Waals surface area contributed by atoms with Crippen LogP contribution in [0.1, 0.15) is 96.7 Å². The molecule has 0 spiro atoms. The number of cyclic esters (lactones) is 1. The molecule has 0 saturated carbocycles. The normalized spacial score (nSPS) is 30.0. The molecular weight excluding hydrogens is 522 g/mol. The molecule has 0 aromatic carbocycles. The number of alkyl halides is 1. The number of esters is 1. The molecule has 5 atom stereocenters. The van der Waals surface area contributed by atoms with Crippen molar-refractivity contribution in [1.29, 1.82) is 0 Å². The van der Waals surface area contributed by atoms with Crippen molar-refractivity contribution >= 4 is 40.8 Å². The standard InChI is InChI=1S/C30H46ClNO5S/c1-19-10-9-11-20(2)28(35)24(12-7-8-15-31)29(36)30(5,6)26(33)17-27(34)37-25(14-13-19)21(3)16-23-18-38-22(4)32-23/h13,16,18,20,24-26,28,33,35H,7-12,14-15,17H2,1-6H3/b19-13-,21-16+/t20-,24?,25-,26-,28-/m0/s1. The van der Waals surface area contributed by atoms with E-state index in [4.69, 9.17) is 16.3 Å². The summed E-state index contributed by atoms with van der Waals surface area (Å²) >= 11 is 7.43. The van der Waals surface area contributed by atoms with Crippen LogP contribution < -0.4 is 0 Å². The third-order valence-electron chi connectivity index (χ3n) is 7.76. The molecule has 2 rings (SSSR count). The molecule has 1 aliphatic heterocycles. The fourth-order valence-corrected chi connectivity index (χ4v) is 5.72. The number of carbonyl (C=O) groups excluding carboxylic acids is 2. The van der Waals surface area contributed by atoms with Crippen LogP contribution in [0.3, 0.4) is 0 Å². The van der Waals surface area contributed by atoms with Gasteiger partial charge in [-0.05, 0) is 70.4 Å². The van der Waals surface area contributed by atoms with Crippen molar-refractivity contribution in [3.8, 4) is 0 Å². The number of rotatable bonds is 6. The summed E-state index contributed by atoms with van der Waals surface area (Å²) in [5.74, 6) is -0.985. The lowest BCUT2D eigenvalue weighted by molar-refractivity contribution is -0.154. The number of aliphatic hydroxyl groups is 2. The first-order valence-electron chi connectivity index (χ1n) is 13.8. The van der Waals surface area contributed by atoms with Crippen LogP contribution in [-0.4, -0.2) is 51.1 Å². The van der Waals surface area contributed by atoms with Crippen LogP contribution in [0.25, 0.3) is 6.08 Å². The highest BCUT2D eigenvalue weighted by Gasteiger charge is 2.43. The van der Waals surface area contributed by atoms with Crippen LogP contribution in [0.4, 0.5) is 0 Å². The van der Waals surface area contributed by atoms with Gasteiger partial charge in [0.1, 0.15) is 11.9 Å². The van der Waals surface area contributed by atoms with Gasteiger partial charge in [-0.2, -0.15) is 0 Å². The zero-order chi connectivity index (χ0) is 28.5. The van der Waals surface area contributed by atoms with Gasteiger partial charge in [0.2, 0.25) is 0 Å². The lowest BCUT2D eigenvalue weighted by atomic mass is 9.71. The van der Waals surface area contributed by atoms with Crippen molar-refractivity contribution in [3.63, 3.8) is 0 Å². The van der Waals surface area contributed by atoms with E-state index in [1.165, 1.54) is 5.57 Å². The molecule has 38 heavy (non-hydrogen) atoms. The maximum atomic E-state index is 13.7. The highest BCUT2D eigenvalue weighted by atomic mass is 35.5. The molecule has 8 heteroatoms. The topological polar surface area (TPSA) is 96.7 Å². The van der Waals surface area contributed by atoms with Crippen LogP contribution in [0.5, 0.6) is 0 Å². The molecule has 2 N–H and O–H groups in total. The molecule has 0 aliphatic carbocycles. The number of thiazole rings is 1. The summed E-state index contributed by atoms with van der Waals surface area (Å²) in [6.07, 6.45) is 6.19. The van der Waals surface area contributed by atoms with Crippen molar-refractivity contribution in [2.75, 3.05) is 5.88 Å². The quantitative estimate of drug-likeness (QED) is 0.173. The molecule has 0 saturated heterocycles. The smallest absolute Gasteiger partial charge is 0.309 e. The highest BCUT2D eigenvalue weighted by Crippen LogP contribution is 2.35. The molecule has 0 radical (unpaired) electrons. The molecule has 0 fully saturated rings. The molecule has 6 nitrogen and oxygen atoms in total. The number of allylic oxidation sites excluding steroid dienone is 1. The van der Waals surface area contributed by atoms with Crippen molar-refractivity contribution in [3.05, 3.63) is 33.3 Å². The number of aromatic nitrogens is 1. The predicted molar refractivity (Wildman–Crippen MR) is 155 cm³/mol. The van der Waals surface area contributed by atoms with Crippen LogP contribution >= 0.6 is 22.9 Å². The number of hydrogen-bond donors (Lipinski definition) is 2. The summed E-state index contributed by atoms with van der Waals surface area (Å²) in [4.78, 5) is 31.2. The van der Waals surface area contributed by atoms with E-state index in [0.717, 1.165) is 42.0 Å². The summed E-state index contributed by atoms with van der Waals surface area (Å²) in [6, 6.07) is 0. The maximum absolute atomic E-state index is 13.7. The molecule has 1 aromatic rings. The van der Waals surface area contributed by atoms with Gasteiger partial charge in [-0.1, -0.05) is 38.8 Å². The molecule has 1 aliphatic rings. The van der Waals surface area contributed by atoms with E-state index < -0.39 is 35.6 Å². The second kappa shape index (κ2) is 15.3. The fourth-order valence-electron chi connectivity index (χ4n) is 4.96. The Balaban J connectivity index is 2.35. The fraction of sp³-hybridized carbons (Fsp3) is 0.700. The van der Waals surface area contributed by atoms with Crippen molar-refractivity contribution in [1.82, 2.24) is 4.98 Å².